The molecule has 0 aliphatic carbocycles. The van der Waals surface area contributed by atoms with Crippen molar-refractivity contribution in [2.75, 3.05) is 6.54 Å². The minimum atomic E-state index is 0.350. The van der Waals surface area contributed by atoms with Crippen LogP contribution in [0.4, 0.5) is 0 Å². The van der Waals surface area contributed by atoms with E-state index in [1.165, 1.54) is 0 Å². The Morgan fingerprint density at radius 3 is 2.67 bits per heavy atom. The zero-order chi connectivity index (χ0) is 15.1. The number of nitrogens with two attached hydrogens (primary N) is 1. The van der Waals surface area contributed by atoms with Crippen molar-refractivity contribution in [2.24, 2.45) is 5.73 Å². The summed E-state index contributed by atoms with van der Waals surface area (Å²) in [5.41, 5.74) is 8.88. The van der Waals surface area contributed by atoms with Crippen molar-refractivity contribution < 1.29 is 4.74 Å². The first kappa shape index (κ1) is 14.7. The fraction of sp³-hybridized carbons (Fsp3) is 0.167. The van der Waals surface area contributed by atoms with Crippen LogP contribution in [0, 0.1) is 30.1 Å². The zero-order valence-electron chi connectivity index (χ0n) is 11.9. The first-order chi connectivity index (χ1) is 10.2. The van der Waals surface area contributed by atoms with Crippen LogP contribution in [-0.2, 0) is 6.61 Å². The molecule has 0 fully saturated rings. The summed E-state index contributed by atoms with van der Waals surface area (Å²) in [6.45, 7) is 2.70. The first-order valence-electron chi connectivity index (χ1n) is 6.65. The molecule has 2 aromatic carbocycles. The average Bonchev–Trinajstić information content (AvgIpc) is 2.52. The lowest BCUT2D eigenvalue weighted by Gasteiger charge is -2.09. The molecule has 0 heterocycles. The number of ether oxygens (including phenoxy) is 1. The van der Waals surface area contributed by atoms with Crippen molar-refractivity contribution in [2.45, 2.75) is 13.5 Å². The Morgan fingerprint density at radius 2 is 1.95 bits per heavy atom. The molecule has 21 heavy (non-hydrogen) atoms. The van der Waals surface area contributed by atoms with Gasteiger partial charge in [0.25, 0.3) is 0 Å². The van der Waals surface area contributed by atoms with Crippen LogP contribution in [0.1, 0.15) is 22.3 Å². The van der Waals surface area contributed by atoms with Gasteiger partial charge >= 0.3 is 0 Å². The third kappa shape index (κ3) is 3.86. The molecule has 0 saturated heterocycles. The standard InChI is InChI=1S/C18H16N2O/c1-14-11-18(9-8-15(14)7-4-10-19)21-13-17-6-3-2-5-16(17)12-20/h2-3,5-6,8-9,11H,10,13,19H2,1H3. The molecule has 0 saturated carbocycles. The Bertz CT molecular complexity index is 733. The van der Waals surface area contributed by atoms with Gasteiger partial charge in [-0.3, -0.25) is 0 Å². The third-order valence-electron chi connectivity index (χ3n) is 3.06. The highest BCUT2D eigenvalue weighted by molar-refractivity contribution is 5.45. The molecule has 3 nitrogen and oxygen atoms in total. The normalized spacial score (nSPS) is 9.38. The number of aryl methyl sites for hydroxylation is 1. The minimum absolute atomic E-state index is 0.350. The van der Waals surface area contributed by atoms with E-state index in [-0.39, 0.29) is 0 Å². The Hall–Kier alpha value is -2.75. The van der Waals surface area contributed by atoms with Crippen LogP contribution in [0.25, 0.3) is 0 Å². The summed E-state index contributed by atoms with van der Waals surface area (Å²) >= 11 is 0. The monoisotopic (exact) mass is 276 g/mol. The number of hydrogen-bond donors (Lipinski definition) is 1. The number of nitriles is 1. The Labute approximate surface area is 125 Å². The largest absolute Gasteiger partial charge is 0.489 e. The fourth-order valence-electron chi connectivity index (χ4n) is 1.93. The van der Waals surface area contributed by atoms with Crippen LogP contribution >= 0.6 is 0 Å². The van der Waals surface area contributed by atoms with E-state index in [1.807, 2.05) is 43.3 Å². The molecule has 0 aromatic heterocycles. The van der Waals surface area contributed by atoms with Gasteiger partial charge < -0.3 is 10.5 Å². The molecule has 0 atom stereocenters. The van der Waals surface area contributed by atoms with Gasteiger partial charge in [0.05, 0.1) is 18.2 Å². The summed E-state index contributed by atoms with van der Waals surface area (Å²) in [6, 6.07) is 15.3. The quantitative estimate of drug-likeness (QED) is 0.877. The molecule has 3 heteroatoms. The predicted octanol–water partition coefficient (Wildman–Crippen LogP) is 2.76. The molecule has 0 aliphatic rings. The van der Waals surface area contributed by atoms with E-state index in [1.54, 1.807) is 6.07 Å². The lowest BCUT2D eigenvalue weighted by atomic mass is 10.1. The van der Waals surface area contributed by atoms with Crippen LogP contribution in [-0.4, -0.2) is 6.54 Å². The highest BCUT2D eigenvalue weighted by Crippen LogP contribution is 2.18. The average molecular weight is 276 g/mol. The number of rotatable bonds is 3. The van der Waals surface area contributed by atoms with E-state index in [0.717, 1.165) is 22.4 Å². The highest BCUT2D eigenvalue weighted by atomic mass is 16.5. The SMILES string of the molecule is Cc1cc(OCc2ccccc2C#N)ccc1C#CCN. The molecule has 104 valence electrons. The summed E-state index contributed by atoms with van der Waals surface area (Å²) in [6.07, 6.45) is 0. The lowest BCUT2D eigenvalue weighted by Crippen LogP contribution is -1.99. The highest BCUT2D eigenvalue weighted by Gasteiger charge is 2.03. The van der Waals surface area contributed by atoms with E-state index in [2.05, 4.69) is 17.9 Å². The molecule has 2 rings (SSSR count). The van der Waals surface area contributed by atoms with Crippen molar-refractivity contribution in [1.82, 2.24) is 0 Å². The van der Waals surface area contributed by atoms with E-state index in [9.17, 15) is 0 Å². The number of nitrogens with zero attached hydrogens (tertiary/aromatic N) is 1. The Morgan fingerprint density at radius 1 is 1.14 bits per heavy atom. The van der Waals surface area contributed by atoms with Crippen LogP contribution in [0.15, 0.2) is 42.5 Å². The molecule has 0 aliphatic heterocycles. The van der Waals surface area contributed by atoms with Crippen molar-refractivity contribution in [3.63, 3.8) is 0 Å². The minimum Gasteiger partial charge on any atom is -0.489 e. The van der Waals surface area contributed by atoms with E-state index >= 15 is 0 Å². The predicted molar refractivity (Wildman–Crippen MR) is 82.6 cm³/mol. The molecular weight excluding hydrogens is 260 g/mol. The fourth-order valence-corrected chi connectivity index (χ4v) is 1.93. The van der Waals surface area contributed by atoms with Crippen LogP contribution in [0.5, 0.6) is 5.75 Å². The molecule has 0 radical (unpaired) electrons. The molecule has 0 amide bonds. The second kappa shape index (κ2) is 7.14. The van der Waals surface area contributed by atoms with Gasteiger partial charge in [-0.05, 0) is 36.8 Å². The summed E-state index contributed by atoms with van der Waals surface area (Å²) in [4.78, 5) is 0. The molecule has 0 unspecified atom stereocenters. The van der Waals surface area contributed by atoms with Crippen LogP contribution < -0.4 is 10.5 Å². The smallest absolute Gasteiger partial charge is 0.120 e. The molecule has 2 N–H and O–H groups in total. The van der Waals surface area contributed by atoms with Gasteiger partial charge in [0.2, 0.25) is 0 Å². The Balaban J connectivity index is 2.11. The number of hydrogen-bond acceptors (Lipinski definition) is 3. The third-order valence-corrected chi connectivity index (χ3v) is 3.06. The summed E-state index contributed by atoms with van der Waals surface area (Å²) in [5, 5.41) is 9.05. The summed E-state index contributed by atoms with van der Waals surface area (Å²) < 4.78 is 5.75. The van der Waals surface area contributed by atoms with Gasteiger partial charge in [-0.25, -0.2) is 0 Å². The maximum absolute atomic E-state index is 9.05. The summed E-state index contributed by atoms with van der Waals surface area (Å²) in [5.74, 6) is 6.62. The van der Waals surface area contributed by atoms with Gasteiger partial charge in [0, 0.05) is 11.1 Å². The topological polar surface area (TPSA) is 59.0 Å². The van der Waals surface area contributed by atoms with Gasteiger partial charge in [0.1, 0.15) is 12.4 Å². The molecule has 0 bridgehead atoms. The lowest BCUT2D eigenvalue weighted by molar-refractivity contribution is 0.305. The van der Waals surface area contributed by atoms with Crippen molar-refractivity contribution in [3.05, 3.63) is 64.7 Å². The van der Waals surface area contributed by atoms with E-state index in [0.29, 0.717) is 18.7 Å². The van der Waals surface area contributed by atoms with E-state index < -0.39 is 0 Å². The van der Waals surface area contributed by atoms with Gasteiger partial charge in [-0.2, -0.15) is 5.26 Å². The van der Waals surface area contributed by atoms with Crippen molar-refractivity contribution in [3.8, 4) is 23.7 Å². The molecule has 2 aromatic rings. The van der Waals surface area contributed by atoms with Crippen LogP contribution in [0.2, 0.25) is 0 Å². The maximum Gasteiger partial charge on any atom is 0.120 e. The van der Waals surface area contributed by atoms with Gasteiger partial charge in [-0.1, -0.05) is 30.0 Å². The number of benzene rings is 2. The first-order valence-corrected chi connectivity index (χ1v) is 6.65. The van der Waals surface area contributed by atoms with Crippen molar-refractivity contribution in [1.29, 1.82) is 5.26 Å². The van der Waals surface area contributed by atoms with Gasteiger partial charge in [0.15, 0.2) is 0 Å². The second-order valence-corrected chi connectivity index (χ2v) is 4.54. The van der Waals surface area contributed by atoms with Crippen molar-refractivity contribution >= 4 is 0 Å². The van der Waals surface area contributed by atoms with Gasteiger partial charge in [-0.15, -0.1) is 0 Å². The molecular formula is C18H16N2O. The molecule has 0 spiro atoms. The van der Waals surface area contributed by atoms with E-state index in [4.69, 9.17) is 15.7 Å². The van der Waals surface area contributed by atoms with Crippen LogP contribution in [0.3, 0.4) is 0 Å². The second-order valence-electron chi connectivity index (χ2n) is 4.54. The summed E-state index contributed by atoms with van der Waals surface area (Å²) in [7, 11) is 0. The zero-order valence-corrected chi connectivity index (χ0v) is 11.9. The maximum atomic E-state index is 9.05. The Kier molecular flexibility index (Phi) is 4.99.